The molecule has 3 heterocycles. The molecule has 6 aliphatic rings. The first-order valence-electron chi connectivity index (χ1n) is 14.1. The number of hydrogen-bond donors (Lipinski definition) is 2. The molecule has 4 aliphatic carbocycles. The summed E-state index contributed by atoms with van der Waals surface area (Å²) in [7, 11) is 0. The summed E-state index contributed by atoms with van der Waals surface area (Å²) >= 11 is 0. The molecular formula is C28H36N9+. The van der Waals surface area contributed by atoms with E-state index in [1.807, 2.05) is 0 Å². The van der Waals surface area contributed by atoms with E-state index in [9.17, 15) is 0 Å². The maximum atomic E-state index is 6.59. The second-order valence-corrected chi connectivity index (χ2v) is 12.0. The SMILES string of the molecule is NC1=N[N+](c2ccc(N3CCN(C4CC5CCC4C5)CC3)cc2)(c2ncnc3c2C2CCC3C2)C(N)=N1. The van der Waals surface area contributed by atoms with Gasteiger partial charge in [0.1, 0.15) is 6.33 Å². The Morgan fingerprint density at radius 2 is 1.65 bits per heavy atom. The van der Waals surface area contributed by atoms with E-state index in [2.05, 4.69) is 44.0 Å². The molecule has 4 N–H and O–H groups in total. The summed E-state index contributed by atoms with van der Waals surface area (Å²) in [5.41, 5.74) is 17.3. The molecule has 2 aromatic rings. The van der Waals surface area contributed by atoms with Crippen molar-refractivity contribution in [3.63, 3.8) is 0 Å². The summed E-state index contributed by atoms with van der Waals surface area (Å²) in [6, 6.07) is 9.49. The average Bonchev–Trinajstić information content (AvgIpc) is 3.76. The summed E-state index contributed by atoms with van der Waals surface area (Å²) in [5, 5.41) is 4.81. The van der Waals surface area contributed by atoms with Crippen LogP contribution in [-0.4, -0.2) is 59.0 Å². The van der Waals surface area contributed by atoms with Crippen molar-refractivity contribution in [1.29, 1.82) is 0 Å². The molecule has 0 spiro atoms. The van der Waals surface area contributed by atoms with Crippen LogP contribution in [0, 0.1) is 11.8 Å². The minimum Gasteiger partial charge on any atom is -0.369 e. The Morgan fingerprint density at radius 3 is 2.35 bits per heavy atom. The number of quaternary nitrogens is 1. The van der Waals surface area contributed by atoms with Gasteiger partial charge in [0.05, 0.1) is 11.3 Å². The Kier molecular flexibility index (Phi) is 4.74. The number of anilines is 1. The molecule has 0 amide bonds. The molecule has 8 rings (SSSR count). The number of nitrogens with two attached hydrogens (primary N) is 2. The summed E-state index contributed by atoms with van der Waals surface area (Å²) in [5.74, 6) is 4.27. The fraction of sp³-hybridized carbons (Fsp3) is 0.571. The van der Waals surface area contributed by atoms with Crippen LogP contribution in [0.2, 0.25) is 0 Å². The van der Waals surface area contributed by atoms with Gasteiger partial charge < -0.3 is 16.4 Å². The van der Waals surface area contributed by atoms with Gasteiger partial charge in [-0.3, -0.25) is 4.90 Å². The van der Waals surface area contributed by atoms with Crippen LogP contribution in [0.5, 0.6) is 0 Å². The third-order valence-electron chi connectivity index (χ3n) is 10.3. The summed E-state index contributed by atoms with van der Waals surface area (Å²) in [6.45, 7) is 4.46. The van der Waals surface area contributed by atoms with Crippen LogP contribution in [0.1, 0.15) is 68.0 Å². The lowest BCUT2D eigenvalue weighted by atomic mass is 9.93. The molecule has 37 heavy (non-hydrogen) atoms. The molecule has 192 valence electrons. The minimum atomic E-state index is -0.0851. The third-order valence-corrected chi connectivity index (χ3v) is 10.3. The van der Waals surface area contributed by atoms with Gasteiger partial charge in [0.15, 0.2) is 5.69 Å². The van der Waals surface area contributed by atoms with Gasteiger partial charge in [-0.1, -0.05) is 6.42 Å². The normalized spacial score (nSPS) is 36.2. The molecule has 9 heteroatoms. The number of benzene rings is 1. The van der Waals surface area contributed by atoms with Crippen molar-refractivity contribution in [2.24, 2.45) is 33.4 Å². The van der Waals surface area contributed by atoms with Gasteiger partial charge in [-0.05, 0) is 78.1 Å². The van der Waals surface area contributed by atoms with Crippen molar-refractivity contribution >= 4 is 29.1 Å². The molecule has 4 bridgehead atoms. The molecule has 1 saturated heterocycles. The van der Waals surface area contributed by atoms with E-state index in [1.165, 1.54) is 49.8 Å². The molecule has 6 unspecified atom stereocenters. The largest absolute Gasteiger partial charge is 0.369 e. The Labute approximate surface area is 217 Å². The van der Waals surface area contributed by atoms with Crippen LogP contribution < -0.4 is 21.0 Å². The zero-order valence-corrected chi connectivity index (χ0v) is 21.3. The molecule has 3 saturated carbocycles. The van der Waals surface area contributed by atoms with Crippen LogP contribution in [0.25, 0.3) is 0 Å². The van der Waals surface area contributed by atoms with E-state index in [0.717, 1.165) is 67.7 Å². The number of fused-ring (bicyclic) bond motifs is 7. The van der Waals surface area contributed by atoms with Gasteiger partial charge in [-0.25, -0.2) is 4.98 Å². The zero-order chi connectivity index (χ0) is 24.7. The van der Waals surface area contributed by atoms with Crippen molar-refractivity contribution in [2.45, 2.75) is 62.8 Å². The van der Waals surface area contributed by atoms with Crippen LogP contribution >= 0.6 is 0 Å². The van der Waals surface area contributed by atoms with Crippen LogP contribution in [0.4, 0.5) is 17.2 Å². The van der Waals surface area contributed by atoms with Gasteiger partial charge in [0.2, 0.25) is 0 Å². The van der Waals surface area contributed by atoms with Crippen molar-refractivity contribution in [3.05, 3.63) is 41.9 Å². The monoisotopic (exact) mass is 498 g/mol. The molecule has 9 nitrogen and oxygen atoms in total. The number of aromatic nitrogens is 2. The molecule has 0 radical (unpaired) electrons. The predicted molar refractivity (Wildman–Crippen MR) is 146 cm³/mol. The van der Waals surface area contributed by atoms with E-state index >= 15 is 0 Å². The quantitative estimate of drug-likeness (QED) is 0.626. The highest BCUT2D eigenvalue weighted by Gasteiger charge is 2.52. The van der Waals surface area contributed by atoms with Crippen molar-refractivity contribution in [1.82, 2.24) is 19.5 Å². The maximum absolute atomic E-state index is 6.59. The first kappa shape index (κ1) is 22.0. The van der Waals surface area contributed by atoms with Crippen molar-refractivity contribution in [3.8, 4) is 0 Å². The highest BCUT2D eigenvalue weighted by molar-refractivity contribution is 6.07. The fourth-order valence-corrected chi connectivity index (χ4v) is 8.60. The van der Waals surface area contributed by atoms with E-state index in [4.69, 9.17) is 21.6 Å². The summed E-state index contributed by atoms with van der Waals surface area (Å²) < 4.78 is -0.0851. The number of aliphatic imine (C=N–C) groups is 1. The number of hydrogen-bond acceptors (Lipinski definition) is 8. The Balaban J connectivity index is 1.08. The lowest BCUT2D eigenvalue weighted by Crippen LogP contribution is -2.51. The van der Waals surface area contributed by atoms with Crippen molar-refractivity contribution < 1.29 is 0 Å². The van der Waals surface area contributed by atoms with Gasteiger partial charge in [0, 0.05) is 56.0 Å². The van der Waals surface area contributed by atoms with Gasteiger partial charge >= 0.3 is 5.96 Å². The van der Waals surface area contributed by atoms with Crippen LogP contribution in [-0.2, 0) is 0 Å². The van der Waals surface area contributed by atoms with E-state index < -0.39 is 0 Å². The fourth-order valence-electron chi connectivity index (χ4n) is 8.60. The highest BCUT2D eigenvalue weighted by atomic mass is 15.7. The topological polar surface area (TPSA) is 109 Å². The molecule has 1 aromatic carbocycles. The average molecular weight is 499 g/mol. The number of guanidine groups is 2. The third kappa shape index (κ3) is 3.16. The molecule has 4 fully saturated rings. The lowest BCUT2D eigenvalue weighted by Gasteiger charge is -2.41. The molecular weight excluding hydrogens is 462 g/mol. The molecule has 6 atom stereocenters. The van der Waals surface area contributed by atoms with Crippen LogP contribution in [0.3, 0.4) is 0 Å². The maximum Gasteiger partial charge on any atom is 0.342 e. The zero-order valence-electron chi connectivity index (χ0n) is 21.3. The summed E-state index contributed by atoms with van der Waals surface area (Å²) in [4.78, 5) is 19.1. The number of rotatable bonds is 4. The minimum absolute atomic E-state index is 0.0851. The van der Waals surface area contributed by atoms with E-state index in [1.54, 1.807) is 6.33 Å². The molecule has 1 aromatic heterocycles. The smallest absolute Gasteiger partial charge is 0.342 e. The lowest BCUT2D eigenvalue weighted by molar-refractivity contribution is 0.135. The Morgan fingerprint density at radius 1 is 0.838 bits per heavy atom. The van der Waals surface area contributed by atoms with Crippen LogP contribution in [0.15, 0.2) is 40.7 Å². The highest BCUT2D eigenvalue weighted by Crippen LogP contribution is 2.56. The van der Waals surface area contributed by atoms with Crippen molar-refractivity contribution in [2.75, 3.05) is 31.1 Å². The Hall–Kier alpha value is -3.04. The van der Waals surface area contributed by atoms with Gasteiger partial charge in [0.25, 0.3) is 11.8 Å². The van der Waals surface area contributed by atoms with E-state index in [-0.39, 0.29) is 10.6 Å². The number of nitrogens with zero attached hydrogens (tertiary/aromatic N) is 7. The molecule has 2 aliphatic heterocycles. The van der Waals surface area contributed by atoms with E-state index in [0.29, 0.717) is 17.8 Å². The Bertz CT molecular complexity index is 1300. The van der Waals surface area contributed by atoms with Gasteiger partial charge in [-0.15, -0.1) is 4.99 Å². The second kappa shape index (κ2) is 7.98. The first-order valence-corrected chi connectivity index (χ1v) is 14.1. The number of piperazine rings is 1. The second-order valence-electron chi connectivity index (χ2n) is 12.0. The predicted octanol–water partition coefficient (Wildman–Crippen LogP) is 3.35. The standard InChI is InChI=1S/C28H36N9/c29-27-33-28(30)37(34-27,26-24-19-3-4-20(15-19)25(24)31-16-32-26)22-7-5-21(6-8-22)35-9-11-36(12-10-35)23-14-17-1-2-18(23)13-17/h5-8,16-20,23H,1-4,9-15H2,(H4,29,30,33,34)/q+1. The first-order chi connectivity index (χ1) is 18.1. The summed E-state index contributed by atoms with van der Waals surface area (Å²) in [6.07, 6.45) is 11.0. The van der Waals surface area contributed by atoms with Gasteiger partial charge in [-0.2, -0.15) is 4.98 Å².